The Morgan fingerprint density at radius 1 is 0.900 bits per heavy atom. The van der Waals surface area contributed by atoms with Crippen molar-refractivity contribution in [1.29, 1.82) is 0 Å². The molecular weight excluding hydrogens is 649 g/mol. The van der Waals surface area contributed by atoms with Gasteiger partial charge < -0.3 is 20.5 Å². The van der Waals surface area contributed by atoms with E-state index in [1.54, 1.807) is 0 Å². The molecule has 0 spiro atoms. The summed E-state index contributed by atoms with van der Waals surface area (Å²) >= 11 is 0. The molecule has 0 saturated heterocycles. The number of aliphatic carboxylic acids is 1. The van der Waals surface area contributed by atoms with Crippen LogP contribution in [0.3, 0.4) is 0 Å². The number of carbonyl (C=O) groups is 4. The summed E-state index contributed by atoms with van der Waals surface area (Å²) in [4.78, 5) is 51.6. The highest BCUT2D eigenvalue weighted by Crippen LogP contribution is 2.76. The summed E-state index contributed by atoms with van der Waals surface area (Å²) in [5.41, 5.74) is -1.21. The van der Waals surface area contributed by atoms with Crippen LogP contribution in [-0.4, -0.2) is 52.7 Å². The van der Waals surface area contributed by atoms with Crippen LogP contribution < -0.4 is 10.6 Å². The number of urea groups is 1. The fourth-order valence-corrected chi connectivity index (χ4v) is 12.1. The molecule has 4 fully saturated rings. The van der Waals surface area contributed by atoms with Crippen LogP contribution in [0.2, 0.25) is 0 Å². The van der Waals surface area contributed by atoms with Gasteiger partial charge in [-0.05, 0) is 123 Å². The van der Waals surface area contributed by atoms with Crippen molar-refractivity contribution in [3.05, 3.63) is 11.1 Å². The monoisotopic (exact) mass is 708 g/mol. The fourth-order valence-electron chi connectivity index (χ4n) is 12.1. The normalized spacial score (nSPS) is 38.7. The number of ether oxygens (including phenoxy) is 1. The first-order valence-electron chi connectivity index (χ1n) is 18.6. The van der Waals surface area contributed by atoms with E-state index in [2.05, 4.69) is 45.3 Å². The molecule has 4 saturated carbocycles. The van der Waals surface area contributed by atoms with Crippen LogP contribution >= 0.6 is 0 Å². The number of carboxylic acids is 1. The molecule has 0 aromatic carbocycles. The summed E-state index contributed by atoms with van der Waals surface area (Å²) in [7, 11) is 0. The van der Waals surface area contributed by atoms with Crippen LogP contribution in [0, 0.1) is 50.7 Å². The molecular formula is C39H59F3N2O6. The lowest BCUT2D eigenvalue weighted by Gasteiger charge is -2.72. The Morgan fingerprint density at radius 3 is 2.12 bits per heavy atom. The first-order valence-corrected chi connectivity index (χ1v) is 18.6. The molecule has 50 heavy (non-hydrogen) atoms. The molecule has 5 aliphatic carbocycles. The molecule has 0 aliphatic heterocycles. The number of amides is 2. The molecule has 0 heterocycles. The quantitative estimate of drug-likeness (QED) is 0.229. The summed E-state index contributed by atoms with van der Waals surface area (Å²) in [6, 6.07) is -2.92. The number of halogens is 3. The zero-order chi connectivity index (χ0) is 37.6. The van der Waals surface area contributed by atoms with Gasteiger partial charge in [-0.3, -0.25) is 14.4 Å². The standard InChI is InChI=1S/C39H59F3N2O6/c1-21(2)29-24(45)19-38(44-32(49)43-22(3)39(40,41)42)18-17-36(9)23(30(29)38)11-12-26-35(8)15-14-27(50-28(46)20-33(4,5)31(47)48)34(6,7)25(35)13-16-37(26,36)10/h21-23,25-27H,11-20H2,1-10H3,(H,47,48)(H2,43,44,49)/t22-,23-,25+,26-,27+,35+,36-,37-,38-/m1/s1. The number of rotatable bonds is 7. The molecule has 5 rings (SSSR count). The Balaban J connectivity index is 1.44. The third-order valence-electron chi connectivity index (χ3n) is 15.0. The van der Waals surface area contributed by atoms with Gasteiger partial charge in [-0.15, -0.1) is 0 Å². The Labute approximate surface area is 295 Å². The minimum atomic E-state index is -4.58. The van der Waals surface area contributed by atoms with E-state index in [1.807, 2.05) is 13.8 Å². The van der Waals surface area contributed by atoms with Gasteiger partial charge in [-0.1, -0.05) is 48.5 Å². The van der Waals surface area contributed by atoms with Crippen LogP contribution in [0.4, 0.5) is 18.0 Å². The number of Topliss-reactive ketones (excluding diaryl/α,β-unsaturated/α-hetero) is 1. The molecule has 0 aromatic rings. The molecule has 11 heteroatoms. The highest BCUT2D eigenvalue weighted by atomic mass is 19.4. The van der Waals surface area contributed by atoms with Crippen LogP contribution in [0.1, 0.15) is 133 Å². The number of ketones is 1. The first-order chi connectivity index (χ1) is 22.8. The second-order valence-electron chi connectivity index (χ2n) is 18.8. The number of carboxylic acid groups (broad SMARTS) is 1. The topological polar surface area (TPSA) is 122 Å². The average molecular weight is 709 g/mol. The number of nitrogens with one attached hydrogen (secondary N) is 2. The van der Waals surface area contributed by atoms with E-state index in [1.165, 1.54) is 13.8 Å². The van der Waals surface area contributed by atoms with E-state index in [9.17, 15) is 37.5 Å². The third-order valence-corrected chi connectivity index (χ3v) is 15.0. The minimum Gasteiger partial charge on any atom is -0.481 e. The molecule has 9 atom stereocenters. The molecule has 0 unspecified atom stereocenters. The molecule has 282 valence electrons. The van der Waals surface area contributed by atoms with E-state index in [-0.39, 0.29) is 64.1 Å². The van der Waals surface area contributed by atoms with Crippen molar-refractivity contribution >= 4 is 23.8 Å². The molecule has 8 nitrogen and oxygen atoms in total. The van der Waals surface area contributed by atoms with E-state index < -0.39 is 41.1 Å². The van der Waals surface area contributed by atoms with Crippen LogP contribution in [0.5, 0.6) is 0 Å². The van der Waals surface area contributed by atoms with Gasteiger partial charge in [0.05, 0.1) is 17.4 Å². The highest BCUT2D eigenvalue weighted by molar-refractivity contribution is 6.02. The van der Waals surface area contributed by atoms with Gasteiger partial charge in [0.1, 0.15) is 12.1 Å². The molecule has 5 aliphatic rings. The third kappa shape index (κ3) is 5.88. The lowest BCUT2D eigenvalue weighted by atomic mass is 9.33. The fraction of sp³-hybridized carbons (Fsp3) is 0.846. The predicted molar refractivity (Wildman–Crippen MR) is 183 cm³/mol. The van der Waals surface area contributed by atoms with E-state index in [4.69, 9.17) is 4.74 Å². The van der Waals surface area contributed by atoms with E-state index in [0.29, 0.717) is 18.8 Å². The van der Waals surface area contributed by atoms with Crippen molar-refractivity contribution in [2.24, 2.45) is 50.7 Å². The second-order valence-corrected chi connectivity index (χ2v) is 18.8. The summed E-state index contributed by atoms with van der Waals surface area (Å²) in [6.45, 7) is 19.6. The number of allylic oxidation sites excluding steroid dienone is 1. The molecule has 0 aromatic heterocycles. The summed E-state index contributed by atoms with van der Waals surface area (Å²) in [6.07, 6.45) is 1.43. The molecule has 2 amide bonds. The Bertz CT molecular complexity index is 1470. The Kier molecular flexibility index (Phi) is 9.46. The molecule has 0 radical (unpaired) electrons. The summed E-state index contributed by atoms with van der Waals surface area (Å²) < 4.78 is 46.2. The number of fused-ring (bicyclic) bond motifs is 7. The molecule has 3 N–H and O–H groups in total. The predicted octanol–water partition coefficient (Wildman–Crippen LogP) is 8.38. The van der Waals surface area contributed by atoms with Gasteiger partial charge >= 0.3 is 24.1 Å². The summed E-state index contributed by atoms with van der Waals surface area (Å²) in [5.74, 6) is -0.984. The number of alkyl halides is 3. The van der Waals surface area contributed by atoms with Crippen LogP contribution in [0.25, 0.3) is 0 Å². The lowest BCUT2D eigenvalue weighted by molar-refractivity contribution is -0.232. The maximum Gasteiger partial charge on any atom is 0.408 e. The van der Waals surface area contributed by atoms with E-state index >= 15 is 0 Å². The minimum absolute atomic E-state index is 0.00438. The van der Waals surface area contributed by atoms with Gasteiger partial charge in [0.25, 0.3) is 0 Å². The van der Waals surface area contributed by atoms with Gasteiger partial charge in [0, 0.05) is 11.8 Å². The van der Waals surface area contributed by atoms with Crippen molar-refractivity contribution in [3.8, 4) is 0 Å². The zero-order valence-corrected chi connectivity index (χ0v) is 31.7. The smallest absolute Gasteiger partial charge is 0.408 e. The Hall–Kier alpha value is -2.59. The van der Waals surface area contributed by atoms with Crippen molar-refractivity contribution < 1.29 is 42.2 Å². The van der Waals surface area contributed by atoms with Crippen LogP contribution in [0.15, 0.2) is 11.1 Å². The van der Waals surface area contributed by atoms with Gasteiger partial charge in [-0.25, -0.2) is 4.79 Å². The number of hydrogen-bond donors (Lipinski definition) is 3. The van der Waals surface area contributed by atoms with Gasteiger partial charge in [-0.2, -0.15) is 13.2 Å². The van der Waals surface area contributed by atoms with Crippen molar-refractivity contribution in [2.45, 2.75) is 157 Å². The number of hydrogen-bond acceptors (Lipinski definition) is 5. The maximum absolute atomic E-state index is 13.7. The SMILES string of the molecule is CC(C)C1=C2[C@H]3CC[C@@H]4[C@@]5(C)CC[C@H](OC(=O)CC(C)(C)C(=O)O)C(C)(C)[C@@H]5CC[C@@]4(C)[C@]3(C)CC[C@@]2(NC(=O)N[C@H](C)C(F)(F)F)CC1=O. The van der Waals surface area contributed by atoms with E-state index in [0.717, 1.165) is 56.6 Å². The second kappa shape index (κ2) is 12.2. The maximum atomic E-state index is 13.7. The summed E-state index contributed by atoms with van der Waals surface area (Å²) in [5, 5.41) is 14.6. The largest absolute Gasteiger partial charge is 0.481 e. The highest BCUT2D eigenvalue weighted by Gasteiger charge is 2.70. The molecule has 0 bridgehead atoms. The van der Waals surface area contributed by atoms with Crippen molar-refractivity contribution in [3.63, 3.8) is 0 Å². The van der Waals surface area contributed by atoms with Gasteiger partial charge in [0.15, 0.2) is 5.78 Å². The Morgan fingerprint density at radius 2 is 1.54 bits per heavy atom. The van der Waals surface area contributed by atoms with Crippen molar-refractivity contribution in [1.82, 2.24) is 10.6 Å². The number of carbonyl (C=O) groups excluding carboxylic acids is 3. The van der Waals surface area contributed by atoms with Gasteiger partial charge in [0.2, 0.25) is 0 Å². The average Bonchev–Trinajstić information content (AvgIpc) is 3.25. The first kappa shape index (κ1) is 38.6. The van der Waals surface area contributed by atoms with Crippen molar-refractivity contribution in [2.75, 3.05) is 0 Å². The number of esters is 1. The zero-order valence-electron chi connectivity index (χ0n) is 31.7. The van der Waals surface area contributed by atoms with Crippen LogP contribution in [-0.2, 0) is 19.1 Å². The lowest BCUT2D eigenvalue weighted by Crippen LogP contribution is -2.67.